The van der Waals surface area contributed by atoms with Crippen molar-refractivity contribution in [1.82, 2.24) is 29.9 Å². The molecule has 1 amide bonds. The van der Waals surface area contributed by atoms with Gasteiger partial charge in [-0.15, -0.1) is 5.10 Å². The first-order valence-electron chi connectivity index (χ1n) is 7.77. The summed E-state index contributed by atoms with van der Waals surface area (Å²) >= 11 is 1.07. The zero-order chi connectivity index (χ0) is 19.4. The number of anilines is 1. The number of nitrogens with one attached hydrogen (secondary N) is 2. The molecule has 12 heteroatoms. The number of hydrogen-bond donors (Lipinski definition) is 2. The molecule has 142 valence electrons. The van der Waals surface area contributed by atoms with Crippen molar-refractivity contribution in [3.05, 3.63) is 42.2 Å². The van der Waals surface area contributed by atoms with E-state index in [-0.39, 0.29) is 17.1 Å². The molecule has 0 fully saturated rings. The van der Waals surface area contributed by atoms with Crippen LogP contribution in [0.5, 0.6) is 0 Å². The number of thioether (sulfide) groups is 1. The lowest BCUT2D eigenvalue weighted by Crippen LogP contribution is -2.17. The lowest BCUT2D eigenvalue weighted by molar-refractivity contribution is -0.137. The van der Waals surface area contributed by atoms with Crippen molar-refractivity contribution in [3.63, 3.8) is 0 Å². The second kappa shape index (κ2) is 7.78. The van der Waals surface area contributed by atoms with Crippen LogP contribution in [0, 0.1) is 0 Å². The van der Waals surface area contributed by atoms with E-state index in [2.05, 4.69) is 30.6 Å². The number of benzene rings is 1. The van der Waals surface area contributed by atoms with Crippen molar-refractivity contribution in [2.75, 3.05) is 11.1 Å². The largest absolute Gasteiger partial charge is 0.416 e. The molecular weight excluding hydrogens is 383 g/mol. The fourth-order valence-corrected chi connectivity index (χ4v) is 2.78. The summed E-state index contributed by atoms with van der Waals surface area (Å²) in [5.74, 6) is 0.126. The number of halogens is 3. The first-order chi connectivity index (χ1) is 12.9. The maximum absolute atomic E-state index is 13.0. The van der Waals surface area contributed by atoms with Crippen LogP contribution in [0.15, 0.2) is 36.0 Å². The Balaban J connectivity index is 1.77. The van der Waals surface area contributed by atoms with Gasteiger partial charge in [0.05, 0.1) is 22.7 Å². The lowest BCUT2D eigenvalue weighted by atomic mass is 10.1. The average molecular weight is 397 g/mol. The Kier molecular flexibility index (Phi) is 5.44. The quantitative estimate of drug-likeness (QED) is 0.620. The molecule has 0 unspecified atom stereocenters. The van der Waals surface area contributed by atoms with Crippen LogP contribution in [0.2, 0.25) is 0 Å². The molecule has 3 rings (SSSR count). The molecule has 2 N–H and O–H groups in total. The maximum atomic E-state index is 13.0. The number of amides is 1. The number of aromatic nitrogens is 6. The number of aromatic amines is 1. The van der Waals surface area contributed by atoms with Crippen LogP contribution in [0.25, 0.3) is 5.69 Å². The summed E-state index contributed by atoms with van der Waals surface area (Å²) in [6, 6.07) is 3.01. The minimum absolute atomic E-state index is 0.0230. The van der Waals surface area contributed by atoms with E-state index >= 15 is 0 Å². The summed E-state index contributed by atoms with van der Waals surface area (Å²) in [5.41, 5.74) is -0.633. The predicted molar refractivity (Wildman–Crippen MR) is 91.5 cm³/mol. The molecule has 1 aromatic carbocycles. The third-order valence-electron chi connectivity index (χ3n) is 3.44. The second-order valence-corrected chi connectivity index (χ2v) is 6.27. The molecule has 0 aliphatic heterocycles. The fraction of sp³-hybridized carbons (Fsp3) is 0.267. The predicted octanol–water partition coefficient (Wildman–Crippen LogP) is 2.70. The van der Waals surface area contributed by atoms with Crippen molar-refractivity contribution >= 4 is 23.4 Å². The van der Waals surface area contributed by atoms with Crippen LogP contribution < -0.4 is 5.32 Å². The van der Waals surface area contributed by atoms with Crippen molar-refractivity contribution < 1.29 is 18.0 Å². The molecule has 2 heterocycles. The van der Waals surface area contributed by atoms with E-state index in [4.69, 9.17) is 0 Å². The van der Waals surface area contributed by atoms with Gasteiger partial charge in [-0.2, -0.15) is 18.3 Å². The molecule has 0 spiro atoms. The van der Waals surface area contributed by atoms with Crippen molar-refractivity contribution in [1.29, 1.82) is 0 Å². The highest BCUT2D eigenvalue weighted by Gasteiger charge is 2.31. The minimum Gasteiger partial charge on any atom is -0.323 e. The van der Waals surface area contributed by atoms with Gasteiger partial charge in [0.2, 0.25) is 11.1 Å². The highest BCUT2D eigenvalue weighted by Crippen LogP contribution is 2.33. The molecule has 0 atom stereocenters. The van der Waals surface area contributed by atoms with E-state index < -0.39 is 17.6 Å². The minimum atomic E-state index is -4.54. The van der Waals surface area contributed by atoms with Crippen LogP contribution in [0.4, 0.5) is 18.9 Å². The number of carbonyl (C=O) groups excluding carboxylic acids is 1. The topological polar surface area (TPSA) is 101 Å². The summed E-state index contributed by atoms with van der Waals surface area (Å²) in [7, 11) is 0. The summed E-state index contributed by atoms with van der Waals surface area (Å²) < 4.78 is 40.3. The van der Waals surface area contributed by atoms with Gasteiger partial charge in [-0.25, -0.2) is 14.6 Å². The van der Waals surface area contributed by atoms with Gasteiger partial charge in [-0.05, 0) is 18.2 Å². The Labute approximate surface area is 155 Å². The summed E-state index contributed by atoms with van der Waals surface area (Å²) in [6.07, 6.45) is -1.30. The number of aryl methyl sites for hydroxylation is 1. The van der Waals surface area contributed by atoms with Crippen LogP contribution >= 0.6 is 11.8 Å². The van der Waals surface area contributed by atoms with Gasteiger partial charge >= 0.3 is 6.18 Å². The Morgan fingerprint density at radius 3 is 2.81 bits per heavy atom. The van der Waals surface area contributed by atoms with Crippen LogP contribution in [0.3, 0.4) is 0 Å². The number of carbonyl (C=O) groups is 1. The van der Waals surface area contributed by atoms with Gasteiger partial charge in [0.25, 0.3) is 0 Å². The normalized spacial score (nSPS) is 11.6. The monoisotopic (exact) mass is 397 g/mol. The Bertz CT molecular complexity index is 924. The van der Waals surface area contributed by atoms with Crippen molar-refractivity contribution in [2.45, 2.75) is 24.7 Å². The van der Waals surface area contributed by atoms with E-state index in [0.29, 0.717) is 17.4 Å². The first-order valence-corrected chi connectivity index (χ1v) is 8.75. The number of rotatable bonds is 6. The number of alkyl halides is 3. The highest BCUT2D eigenvalue weighted by atomic mass is 32.2. The summed E-state index contributed by atoms with van der Waals surface area (Å²) in [4.78, 5) is 20.1. The molecule has 0 saturated heterocycles. The van der Waals surface area contributed by atoms with Crippen molar-refractivity contribution in [3.8, 4) is 5.69 Å². The summed E-state index contributed by atoms with van der Waals surface area (Å²) in [5, 5.41) is 13.4. The molecule has 0 saturated carbocycles. The van der Waals surface area contributed by atoms with Gasteiger partial charge in [-0.3, -0.25) is 9.89 Å². The molecule has 0 radical (unpaired) electrons. The Morgan fingerprint density at radius 1 is 1.37 bits per heavy atom. The molecule has 0 aliphatic rings. The van der Waals surface area contributed by atoms with Gasteiger partial charge in [-0.1, -0.05) is 18.7 Å². The van der Waals surface area contributed by atoms with E-state index in [1.54, 1.807) is 0 Å². The number of H-pyrrole nitrogens is 1. The van der Waals surface area contributed by atoms with E-state index in [0.717, 1.165) is 23.9 Å². The van der Waals surface area contributed by atoms with Gasteiger partial charge in [0.1, 0.15) is 18.5 Å². The number of hydrogen-bond acceptors (Lipinski definition) is 6. The van der Waals surface area contributed by atoms with Gasteiger partial charge in [0.15, 0.2) is 0 Å². The third kappa shape index (κ3) is 4.64. The van der Waals surface area contributed by atoms with Gasteiger partial charge in [0, 0.05) is 6.42 Å². The van der Waals surface area contributed by atoms with E-state index in [1.165, 1.54) is 23.4 Å². The first kappa shape index (κ1) is 18.9. The van der Waals surface area contributed by atoms with Crippen LogP contribution in [-0.2, 0) is 17.4 Å². The molecule has 0 aliphatic carbocycles. The molecule has 27 heavy (non-hydrogen) atoms. The van der Waals surface area contributed by atoms with Gasteiger partial charge < -0.3 is 5.32 Å². The van der Waals surface area contributed by atoms with Crippen LogP contribution in [0.1, 0.15) is 18.3 Å². The SMILES string of the molecule is CCc1nc(SCC(=O)Nc2cc(C(F)(F)F)ccc2-n2cncn2)n[nH]1. The van der Waals surface area contributed by atoms with Crippen molar-refractivity contribution in [2.24, 2.45) is 0 Å². The second-order valence-electron chi connectivity index (χ2n) is 5.32. The van der Waals surface area contributed by atoms with E-state index in [1.807, 2.05) is 6.92 Å². The molecule has 8 nitrogen and oxygen atoms in total. The smallest absolute Gasteiger partial charge is 0.323 e. The molecule has 3 aromatic rings. The van der Waals surface area contributed by atoms with Crippen LogP contribution in [-0.4, -0.2) is 41.6 Å². The Morgan fingerprint density at radius 2 is 2.19 bits per heavy atom. The third-order valence-corrected chi connectivity index (χ3v) is 4.29. The molecule has 0 bridgehead atoms. The Hall–Kier alpha value is -2.89. The molecular formula is C15H14F3N7OS. The number of nitrogens with zero attached hydrogens (tertiary/aromatic N) is 5. The highest BCUT2D eigenvalue weighted by molar-refractivity contribution is 7.99. The zero-order valence-corrected chi connectivity index (χ0v) is 14.8. The summed E-state index contributed by atoms with van der Waals surface area (Å²) in [6.45, 7) is 1.90. The standard InChI is InChI=1S/C15H14F3N7OS/c1-2-12-22-14(24-23-12)27-6-13(26)21-10-5-9(15(16,17)18)3-4-11(10)25-8-19-7-20-25/h3-5,7-8H,2,6H2,1H3,(H,21,26)(H,22,23,24). The fourth-order valence-electron chi connectivity index (χ4n) is 2.16. The molecule has 2 aromatic heterocycles. The maximum Gasteiger partial charge on any atom is 0.416 e. The zero-order valence-electron chi connectivity index (χ0n) is 14.0. The average Bonchev–Trinajstić information content (AvgIpc) is 3.31. The lowest BCUT2D eigenvalue weighted by Gasteiger charge is -2.14. The van der Waals surface area contributed by atoms with E-state index in [9.17, 15) is 18.0 Å².